The van der Waals surface area contributed by atoms with Crippen LogP contribution in [0.15, 0.2) is 47.4 Å². The summed E-state index contributed by atoms with van der Waals surface area (Å²) in [6, 6.07) is 9.91. The smallest absolute Gasteiger partial charge is 0.317 e. The number of amides is 3. The standard InChI is InChI=1S/C35H51ClN4O7S/c1-24-21-40(25(2)23-41)34(42)31-20-29(38-48(44,45)30-16-13-27(36)14-17-30)15-18-32(31)47-26(3)10-8-9-19-46-33(24)22-39(4)35(43)37-28-11-6-5-7-12-28/h13-18,20,24-26,28,33,38,41H,5-12,19,21-23H2,1-4H3,(H,37,43)/t24-,25-,26-,33-/m0/s1. The highest BCUT2D eigenvalue weighted by molar-refractivity contribution is 7.92. The Morgan fingerprint density at radius 1 is 1.06 bits per heavy atom. The zero-order chi connectivity index (χ0) is 34.8. The molecule has 266 valence electrons. The first kappa shape index (κ1) is 37.8. The van der Waals surface area contributed by atoms with Crippen molar-refractivity contribution in [2.75, 3.05) is 38.1 Å². The van der Waals surface area contributed by atoms with Crippen molar-refractivity contribution in [3.8, 4) is 5.75 Å². The number of carbonyl (C=O) groups excluding carboxylic acids is 2. The number of likely N-dealkylation sites (N-methyl/N-ethyl adjacent to an activating group) is 1. The molecule has 4 atom stereocenters. The SMILES string of the molecule is C[C@H]1CCCCO[C@@H](CN(C)C(=O)NC2CCCCC2)[C@@H](C)CN([C@@H](C)CO)C(=O)c2cc(NS(=O)(=O)c3ccc(Cl)cc3)ccc2O1. The van der Waals surface area contributed by atoms with E-state index in [9.17, 15) is 23.1 Å². The van der Waals surface area contributed by atoms with E-state index in [2.05, 4.69) is 10.0 Å². The Hall–Kier alpha value is -3.06. The maximum atomic E-state index is 14.4. The average Bonchev–Trinajstić information content (AvgIpc) is 3.06. The topological polar surface area (TPSA) is 138 Å². The van der Waals surface area contributed by atoms with E-state index in [1.165, 1.54) is 36.8 Å². The number of ether oxygens (including phenoxy) is 2. The highest BCUT2D eigenvalue weighted by Gasteiger charge is 2.31. The molecule has 0 aromatic heterocycles. The number of halogens is 1. The summed E-state index contributed by atoms with van der Waals surface area (Å²) in [6.07, 6.45) is 7.14. The number of sulfonamides is 1. The fraction of sp³-hybridized carbons (Fsp3) is 0.600. The van der Waals surface area contributed by atoms with E-state index in [1.807, 2.05) is 13.8 Å². The summed E-state index contributed by atoms with van der Waals surface area (Å²) in [5.74, 6) is -0.309. The monoisotopic (exact) mass is 706 g/mol. The number of urea groups is 1. The number of aliphatic hydroxyl groups is 1. The summed E-state index contributed by atoms with van der Waals surface area (Å²) in [4.78, 5) is 30.7. The van der Waals surface area contributed by atoms with Gasteiger partial charge in [-0.15, -0.1) is 0 Å². The fourth-order valence-corrected chi connectivity index (χ4v) is 7.34. The molecule has 0 bridgehead atoms. The van der Waals surface area contributed by atoms with Crippen molar-refractivity contribution in [2.45, 2.75) is 101 Å². The van der Waals surface area contributed by atoms with Crippen LogP contribution >= 0.6 is 11.6 Å². The highest BCUT2D eigenvalue weighted by atomic mass is 35.5. The lowest BCUT2D eigenvalue weighted by atomic mass is 9.96. The lowest BCUT2D eigenvalue weighted by Crippen LogP contribution is -2.50. The summed E-state index contributed by atoms with van der Waals surface area (Å²) in [5, 5.41) is 13.8. The molecule has 11 nitrogen and oxygen atoms in total. The van der Waals surface area contributed by atoms with Crippen molar-refractivity contribution in [3.05, 3.63) is 53.1 Å². The van der Waals surface area contributed by atoms with Gasteiger partial charge in [0.25, 0.3) is 15.9 Å². The van der Waals surface area contributed by atoms with Crippen LogP contribution in [-0.4, -0.2) is 92.9 Å². The first-order chi connectivity index (χ1) is 22.9. The Balaban J connectivity index is 1.61. The van der Waals surface area contributed by atoms with Crippen LogP contribution in [0, 0.1) is 5.92 Å². The zero-order valence-electron chi connectivity index (χ0n) is 28.5. The van der Waals surface area contributed by atoms with E-state index >= 15 is 0 Å². The van der Waals surface area contributed by atoms with E-state index in [-0.39, 0.29) is 59.5 Å². The van der Waals surface area contributed by atoms with Gasteiger partial charge in [-0.3, -0.25) is 9.52 Å². The van der Waals surface area contributed by atoms with Gasteiger partial charge < -0.3 is 29.7 Å². The van der Waals surface area contributed by atoms with Crippen molar-refractivity contribution >= 4 is 39.2 Å². The Bertz CT molecular complexity index is 1470. The maximum Gasteiger partial charge on any atom is 0.317 e. The number of nitrogens with zero attached hydrogens (tertiary/aromatic N) is 2. The van der Waals surface area contributed by atoms with Gasteiger partial charge in [-0.2, -0.15) is 0 Å². The van der Waals surface area contributed by atoms with E-state index < -0.39 is 22.0 Å². The molecule has 1 fully saturated rings. The van der Waals surface area contributed by atoms with Crippen LogP contribution in [0.2, 0.25) is 5.02 Å². The van der Waals surface area contributed by atoms with Gasteiger partial charge >= 0.3 is 6.03 Å². The van der Waals surface area contributed by atoms with Crippen molar-refractivity contribution in [3.63, 3.8) is 0 Å². The van der Waals surface area contributed by atoms with Crippen molar-refractivity contribution in [2.24, 2.45) is 5.92 Å². The molecule has 3 amide bonds. The van der Waals surface area contributed by atoms with Crippen LogP contribution in [0.5, 0.6) is 5.75 Å². The quantitative estimate of drug-likeness (QED) is 0.310. The molecule has 1 saturated carbocycles. The lowest BCUT2D eigenvalue weighted by Gasteiger charge is -2.36. The van der Waals surface area contributed by atoms with Gasteiger partial charge in [0.1, 0.15) is 5.75 Å². The molecular formula is C35H51ClN4O7S. The van der Waals surface area contributed by atoms with Crippen molar-refractivity contribution < 1.29 is 32.6 Å². The van der Waals surface area contributed by atoms with Crippen LogP contribution < -0.4 is 14.8 Å². The van der Waals surface area contributed by atoms with Crippen molar-refractivity contribution in [1.29, 1.82) is 0 Å². The van der Waals surface area contributed by atoms with Crippen LogP contribution in [-0.2, 0) is 14.8 Å². The summed E-state index contributed by atoms with van der Waals surface area (Å²) in [6.45, 7) is 6.42. The molecule has 13 heteroatoms. The Morgan fingerprint density at radius 3 is 2.44 bits per heavy atom. The number of nitrogens with one attached hydrogen (secondary N) is 2. The third-order valence-electron chi connectivity index (χ3n) is 9.16. The average molecular weight is 707 g/mol. The largest absolute Gasteiger partial charge is 0.490 e. The Morgan fingerprint density at radius 2 is 1.75 bits per heavy atom. The molecule has 2 aliphatic rings. The number of benzene rings is 2. The molecule has 3 N–H and O–H groups in total. The van der Waals surface area contributed by atoms with Gasteiger partial charge in [0, 0.05) is 49.4 Å². The molecule has 4 rings (SSSR count). The lowest BCUT2D eigenvalue weighted by molar-refractivity contribution is -0.0123. The van der Waals surface area contributed by atoms with E-state index in [0.29, 0.717) is 30.3 Å². The molecule has 1 heterocycles. The minimum atomic E-state index is -3.98. The van der Waals surface area contributed by atoms with E-state index in [1.54, 1.807) is 35.9 Å². The minimum absolute atomic E-state index is 0.0240. The summed E-state index contributed by atoms with van der Waals surface area (Å²) in [7, 11) is -2.22. The van der Waals surface area contributed by atoms with Crippen LogP contribution in [0.3, 0.4) is 0 Å². The molecule has 1 aliphatic carbocycles. The van der Waals surface area contributed by atoms with Gasteiger partial charge in [-0.25, -0.2) is 13.2 Å². The van der Waals surface area contributed by atoms with Crippen LogP contribution in [0.4, 0.5) is 10.5 Å². The molecule has 0 saturated heterocycles. The number of carbonyl (C=O) groups is 2. The maximum absolute atomic E-state index is 14.4. The first-order valence-corrected chi connectivity index (χ1v) is 18.9. The third-order valence-corrected chi connectivity index (χ3v) is 10.8. The fourth-order valence-electron chi connectivity index (χ4n) is 6.16. The highest BCUT2D eigenvalue weighted by Crippen LogP contribution is 2.30. The molecular weight excluding hydrogens is 656 g/mol. The van der Waals surface area contributed by atoms with Crippen LogP contribution in [0.25, 0.3) is 0 Å². The summed E-state index contributed by atoms with van der Waals surface area (Å²) < 4.78 is 41.6. The van der Waals surface area contributed by atoms with Crippen LogP contribution in [0.1, 0.15) is 82.5 Å². The summed E-state index contributed by atoms with van der Waals surface area (Å²) in [5.41, 5.74) is 0.357. The molecule has 1 aliphatic heterocycles. The predicted molar refractivity (Wildman–Crippen MR) is 187 cm³/mol. The summed E-state index contributed by atoms with van der Waals surface area (Å²) >= 11 is 5.95. The first-order valence-electron chi connectivity index (χ1n) is 17.0. The van der Waals surface area contributed by atoms with Gasteiger partial charge in [0.05, 0.1) is 35.3 Å². The number of anilines is 1. The third kappa shape index (κ3) is 10.5. The Labute approximate surface area is 290 Å². The number of rotatable bonds is 8. The number of hydrogen-bond acceptors (Lipinski definition) is 7. The number of hydrogen-bond donors (Lipinski definition) is 3. The van der Waals surface area contributed by atoms with Gasteiger partial charge in [0.15, 0.2) is 0 Å². The number of fused-ring (bicyclic) bond motifs is 1. The van der Waals surface area contributed by atoms with Crippen molar-refractivity contribution in [1.82, 2.24) is 15.1 Å². The normalized spacial score (nSPS) is 22.5. The molecule has 0 spiro atoms. The van der Waals surface area contributed by atoms with E-state index in [4.69, 9.17) is 21.1 Å². The van der Waals surface area contributed by atoms with Gasteiger partial charge in [0.2, 0.25) is 0 Å². The second-order valence-corrected chi connectivity index (χ2v) is 15.4. The minimum Gasteiger partial charge on any atom is -0.490 e. The predicted octanol–water partition coefficient (Wildman–Crippen LogP) is 5.91. The van der Waals surface area contributed by atoms with Gasteiger partial charge in [-0.05, 0) is 88.4 Å². The molecule has 48 heavy (non-hydrogen) atoms. The second kappa shape index (κ2) is 17.6. The molecule has 2 aromatic rings. The molecule has 0 unspecified atom stereocenters. The number of aliphatic hydroxyl groups excluding tert-OH is 1. The zero-order valence-corrected chi connectivity index (χ0v) is 30.1. The molecule has 2 aromatic carbocycles. The molecule has 0 radical (unpaired) electrons. The Kier molecular flexibility index (Phi) is 13.8. The second-order valence-electron chi connectivity index (χ2n) is 13.2. The van der Waals surface area contributed by atoms with E-state index in [0.717, 1.165) is 38.5 Å². The van der Waals surface area contributed by atoms with Gasteiger partial charge in [-0.1, -0.05) is 37.8 Å².